The first kappa shape index (κ1) is 16.3. The molecule has 0 aromatic carbocycles. The van der Waals surface area contributed by atoms with E-state index in [0.29, 0.717) is 38.1 Å². The fourth-order valence-electron chi connectivity index (χ4n) is 4.26. The van der Waals surface area contributed by atoms with E-state index in [-0.39, 0.29) is 11.9 Å². The summed E-state index contributed by atoms with van der Waals surface area (Å²) in [5.41, 5.74) is 0. The van der Waals surface area contributed by atoms with Gasteiger partial charge in [0.05, 0.1) is 11.8 Å². The molecule has 1 heterocycles. The summed E-state index contributed by atoms with van der Waals surface area (Å²) >= 11 is 0. The summed E-state index contributed by atoms with van der Waals surface area (Å²) in [6, 6.07) is 0. The summed E-state index contributed by atoms with van der Waals surface area (Å²) < 4.78 is 42.0. The summed E-state index contributed by atoms with van der Waals surface area (Å²) in [5, 5.41) is 6.70. The van der Waals surface area contributed by atoms with E-state index >= 15 is 0 Å². The van der Waals surface area contributed by atoms with Crippen molar-refractivity contribution < 1.29 is 18.0 Å². The van der Waals surface area contributed by atoms with Gasteiger partial charge in [0.15, 0.2) is 0 Å². The topological polar surface area (TPSA) is 59.8 Å². The molecular formula is C15H21F3N4O. The lowest BCUT2D eigenvalue weighted by atomic mass is 9.58. The van der Waals surface area contributed by atoms with Crippen molar-refractivity contribution in [2.75, 3.05) is 5.32 Å². The molecule has 8 heteroatoms. The molecule has 0 spiro atoms. The molecule has 0 radical (unpaired) electrons. The number of alkyl halides is 3. The molecule has 3 aliphatic rings. The van der Waals surface area contributed by atoms with E-state index in [4.69, 9.17) is 0 Å². The van der Waals surface area contributed by atoms with Crippen molar-refractivity contribution in [1.29, 1.82) is 0 Å². The van der Waals surface area contributed by atoms with Crippen molar-refractivity contribution in [3.63, 3.8) is 0 Å². The van der Waals surface area contributed by atoms with Crippen molar-refractivity contribution in [3.05, 3.63) is 5.82 Å². The molecule has 1 amide bonds. The highest BCUT2D eigenvalue weighted by Crippen LogP contribution is 2.54. The number of rotatable bonds is 3. The summed E-state index contributed by atoms with van der Waals surface area (Å²) in [5.74, 6) is -3.01. The van der Waals surface area contributed by atoms with Crippen LogP contribution in [0.4, 0.5) is 19.1 Å². The first-order valence-corrected chi connectivity index (χ1v) is 8.10. The zero-order valence-corrected chi connectivity index (χ0v) is 13.2. The molecule has 1 N–H and O–H groups in total. The minimum absolute atomic E-state index is 0.189. The molecule has 0 aliphatic heterocycles. The van der Waals surface area contributed by atoms with Crippen LogP contribution in [0.5, 0.6) is 0 Å². The lowest BCUT2D eigenvalue weighted by molar-refractivity contribution is -0.227. The molecule has 5 nitrogen and oxygen atoms in total. The molecule has 0 unspecified atom stereocenters. The summed E-state index contributed by atoms with van der Waals surface area (Å²) in [7, 11) is 0. The van der Waals surface area contributed by atoms with Crippen molar-refractivity contribution in [2.45, 2.75) is 52.3 Å². The first-order chi connectivity index (χ1) is 10.8. The van der Waals surface area contributed by atoms with Crippen LogP contribution in [0, 0.1) is 30.6 Å². The van der Waals surface area contributed by atoms with Gasteiger partial charge in [-0.2, -0.15) is 23.3 Å². The van der Waals surface area contributed by atoms with Gasteiger partial charge < -0.3 is 0 Å². The standard InChI is InChI=1S/C15H21F3N4O/c1-3-22-14(19-8(2)21-22)20-13(23)11-9-4-6-10(7-5-9)12(11)15(16,17)18/h9-12H,3-7H2,1-2H3,(H,19,20,21,23)/t9?,10?,11-,12-/m0/s1. The highest BCUT2D eigenvalue weighted by Gasteiger charge is 2.58. The van der Waals surface area contributed by atoms with Gasteiger partial charge in [0.2, 0.25) is 11.9 Å². The van der Waals surface area contributed by atoms with Crippen LogP contribution in [0.3, 0.4) is 0 Å². The Bertz CT molecular complexity index is 590. The normalized spacial score (nSPS) is 30.5. The van der Waals surface area contributed by atoms with Crippen LogP contribution in [-0.4, -0.2) is 26.8 Å². The second-order valence-electron chi connectivity index (χ2n) is 6.56. The molecule has 2 bridgehead atoms. The Balaban J connectivity index is 1.84. The number of amides is 1. The lowest BCUT2D eigenvalue weighted by Gasteiger charge is -2.48. The summed E-state index contributed by atoms with van der Waals surface area (Å²) in [4.78, 5) is 16.7. The number of carbonyl (C=O) groups excluding carboxylic acids is 1. The lowest BCUT2D eigenvalue weighted by Crippen LogP contribution is -2.51. The molecule has 4 rings (SSSR count). The predicted octanol–water partition coefficient (Wildman–Crippen LogP) is 3.16. The van der Waals surface area contributed by atoms with Gasteiger partial charge in [0.25, 0.3) is 0 Å². The highest BCUT2D eigenvalue weighted by molar-refractivity contribution is 5.91. The third-order valence-corrected chi connectivity index (χ3v) is 5.21. The van der Waals surface area contributed by atoms with Gasteiger partial charge in [-0.15, -0.1) is 0 Å². The monoisotopic (exact) mass is 330 g/mol. The maximum Gasteiger partial charge on any atom is 0.392 e. The number of fused-ring (bicyclic) bond motifs is 3. The SMILES string of the molecule is CCn1nc(C)nc1NC(=O)[C@H]1C2CCC(CC2)[C@@H]1C(F)(F)F. The van der Waals surface area contributed by atoms with Crippen LogP contribution < -0.4 is 5.32 Å². The van der Waals surface area contributed by atoms with Crippen LogP contribution >= 0.6 is 0 Å². The van der Waals surface area contributed by atoms with Crippen molar-refractivity contribution in [2.24, 2.45) is 23.7 Å². The number of halogens is 3. The second-order valence-corrected chi connectivity index (χ2v) is 6.56. The number of nitrogens with one attached hydrogen (secondary N) is 1. The minimum atomic E-state index is -4.33. The maximum atomic E-state index is 13.5. The minimum Gasteiger partial charge on any atom is -0.294 e. The zero-order valence-electron chi connectivity index (χ0n) is 13.2. The van der Waals surface area contributed by atoms with E-state index in [1.807, 2.05) is 6.92 Å². The summed E-state index contributed by atoms with van der Waals surface area (Å²) in [6.45, 7) is 4.02. The zero-order chi connectivity index (χ0) is 16.8. The molecule has 3 aliphatic carbocycles. The average Bonchev–Trinajstić information content (AvgIpc) is 2.86. The largest absolute Gasteiger partial charge is 0.392 e. The Morgan fingerprint density at radius 2 is 1.87 bits per heavy atom. The molecule has 1 aromatic heterocycles. The number of hydrogen-bond donors (Lipinski definition) is 1. The second kappa shape index (κ2) is 5.79. The van der Waals surface area contributed by atoms with Gasteiger partial charge in [-0.1, -0.05) is 0 Å². The van der Waals surface area contributed by atoms with Crippen molar-refractivity contribution in [3.8, 4) is 0 Å². The van der Waals surface area contributed by atoms with E-state index in [1.54, 1.807) is 6.92 Å². The van der Waals surface area contributed by atoms with Crippen molar-refractivity contribution in [1.82, 2.24) is 14.8 Å². The van der Waals surface area contributed by atoms with E-state index in [9.17, 15) is 18.0 Å². The molecule has 1 aromatic rings. The van der Waals surface area contributed by atoms with E-state index in [1.165, 1.54) is 4.68 Å². The smallest absolute Gasteiger partial charge is 0.294 e. The Morgan fingerprint density at radius 1 is 1.26 bits per heavy atom. The Morgan fingerprint density at radius 3 is 2.43 bits per heavy atom. The fraction of sp³-hybridized carbons (Fsp3) is 0.800. The van der Waals surface area contributed by atoms with Crippen LogP contribution in [-0.2, 0) is 11.3 Å². The third-order valence-electron chi connectivity index (χ3n) is 5.21. The molecule has 128 valence electrons. The number of aromatic nitrogens is 3. The van der Waals surface area contributed by atoms with E-state index < -0.39 is 29.8 Å². The van der Waals surface area contributed by atoms with Gasteiger partial charge >= 0.3 is 6.18 Å². The Labute approximate surface area is 132 Å². The van der Waals surface area contributed by atoms with E-state index in [2.05, 4.69) is 15.4 Å². The predicted molar refractivity (Wildman–Crippen MR) is 77.5 cm³/mol. The molecule has 0 saturated heterocycles. The number of aryl methyl sites for hydroxylation is 2. The Hall–Kier alpha value is -1.60. The highest BCUT2D eigenvalue weighted by atomic mass is 19.4. The van der Waals surface area contributed by atoms with Gasteiger partial charge in [0.1, 0.15) is 5.82 Å². The van der Waals surface area contributed by atoms with Crippen LogP contribution in [0.15, 0.2) is 0 Å². The Kier molecular flexibility index (Phi) is 4.10. The van der Waals surface area contributed by atoms with Crippen molar-refractivity contribution >= 4 is 11.9 Å². The number of hydrogen-bond acceptors (Lipinski definition) is 3. The number of nitrogens with zero attached hydrogens (tertiary/aromatic N) is 3. The molecule has 3 saturated carbocycles. The third kappa shape index (κ3) is 2.95. The molecular weight excluding hydrogens is 309 g/mol. The van der Waals surface area contributed by atoms with Crippen LogP contribution in [0.2, 0.25) is 0 Å². The first-order valence-electron chi connectivity index (χ1n) is 8.10. The van der Waals surface area contributed by atoms with Gasteiger partial charge in [-0.05, 0) is 51.4 Å². The fourth-order valence-corrected chi connectivity index (χ4v) is 4.26. The summed E-state index contributed by atoms with van der Waals surface area (Å²) in [6.07, 6.45) is -1.78. The van der Waals surface area contributed by atoms with Gasteiger partial charge in [0, 0.05) is 6.54 Å². The maximum absolute atomic E-state index is 13.5. The quantitative estimate of drug-likeness (QED) is 0.926. The number of carbonyl (C=O) groups is 1. The average molecular weight is 330 g/mol. The number of anilines is 1. The van der Waals surface area contributed by atoms with Crippen LogP contribution in [0.1, 0.15) is 38.4 Å². The molecule has 2 atom stereocenters. The van der Waals surface area contributed by atoms with Gasteiger partial charge in [-0.3, -0.25) is 10.1 Å². The van der Waals surface area contributed by atoms with Gasteiger partial charge in [-0.25, -0.2) is 4.68 Å². The van der Waals surface area contributed by atoms with Crippen LogP contribution in [0.25, 0.3) is 0 Å². The molecule has 23 heavy (non-hydrogen) atoms. The van der Waals surface area contributed by atoms with E-state index in [0.717, 1.165) is 0 Å². The molecule has 3 fully saturated rings.